The lowest BCUT2D eigenvalue weighted by Gasteiger charge is -2.13. The van der Waals surface area contributed by atoms with Crippen LogP contribution in [-0.4, -0.2) is 24.1 Å². The summed E-state index contributed by atoms with van der Waals surface area (Å²) in [5.41, 5.74) is 12.7. The van der Waals surface area contributed by atoms with Gasteiger partial charge in [0, 0.05) is 43.3 Å². The van der Waals surface area contributed by atoms with E-state index in [0.29, 0.717) is 11.6 Å². The average Bonchev–Trinajstić information content (AvgIpc) is 3.25. The second kappa shape index (κ2) is 7.44. The monoisotopic (exact) mass is 371 g/mol. The minimum absolute atomic E-state index is 0.669. The van der Waals surface area contributed by atoms with Gasteiger partial charge in [0.1, 0.15) is 0 Å². The Hall–Kier alpha value is -3.80. The van der Waals surface area contributed by atoms with Crippen molar-refractivity contribution in [1.82, 2.24) is 9.97 Å². The summed E-state index contributed by atoms with van der Waals surface area (Å²) in [5, 5.41) is 3.39. The number of nitrogens with zero attached hydrogens (tertiary/aromatic N) is 3. The number of nitrogen functional groups attached to an aromatic ring is 1. The standard InChI is InChI=1S/C22H21N5O/c1-27(2)22-24-12-18(13-25-22)15-4-3-5-19(10-15)26-21-7-6-16(11-20(21)23)17-8-9-28-14-17/h3-14,26H,23H2,1-2H3. The van der Waals surface area contributed by atoms with Crippen LogP contribution in [-0.2, 0) is 0 Å². The minimum Gasteiger partial charge on any atom is -0.472 e. The highest BCUT2D eigenvalue weighted by Crippen LogP contribution is 2.30. The van der Waals surface area contributed by atoms with Crippen LogP contribution in [0.1, 0.15) is 0 Å². The van der Waals surface area contributed by atoms with E-state index in [2.05, 4.69) is 21.4 Å². The van der Waals surface area contributed by atoms with E-state index in [0.717, 1.165) is 33.6 Å². The van der Waals surface area contributed by atoms with Gasteiger partial charge < -0.3 is 20.4 Å². The van der Waals surface area contributed by atoms with E-state index in [1.807, 2.05) is 73.9 Å². The van der Waals surface area contributed by atoms with Crippen molar-refractivity contribution in [2.45, 2.75) is 0 Å². The van der Waals surface area contributed by atoms with Crippen molar-refractivity contribution in [3.8, 4) is 22.3 Å². The number of aromatic nitrogens is 2. The van der Waals surface area contributed by atoms with Gasteiger partial charge in [-0.25, -0.2) is 9.97 Å². The number of hydrogen-bond donors (Lipinski definition) is 2. The first kappa shape index (κ1) is 17.6. The van der Waals surface area contributed by atoms with Crippen LogP contribution in [0, 0.1) is 0 Å². The Kier molecular flexibility index (Phi) is 4.68. The van der Waals surface area contributed by atoms with Crippen molar-refractivity contribution in [2.75, 3.05) is 30.0 Å². The summed E-state index contributed by atoms with van der Waals surface area (Å²) >= 11 is 0. The normalized spacial score (nSPS) is 10.6. The van der Waals surface area contributed by atoms with Gasteiger partial charge in [0.15, 0.2) is 0 Å². The molecule has 0 unspecified atom stereocenters. The number of benzene rings is 2. The molecule has 0 aliphatic heterocycles. The Morgan fingerprint density at radius 2 is 1.68 bits per heavy atom. The Balaban J connectivity index is 1.57. The lowest BCUT2D eigenvalue weighted by molar-refractivity contribution is 0.568. The molecule has 2 aromatic carbocycles. The third kappa shape index (κ3) is 3.66. The van der Waals surface area contributed by atoms with Crippen LogP contribution in [0.3, 0.4) is 0 Å². The molecule has 0 amide bonds. The predicted molar refractivity (Wildman–Crippen MR) is 114 cm³/mol. The van der Waals surface area contributed by atoms with Gasteiger partial charge in [0.2, 0.25) is 5.95 Å². The highest BCUT2D eigenvalue weighted by molar-refractivity contribution is 5.80. The molecule has 2 aromatic heterocycles. The van der Waals surface area contributed by atoms with E-state index >= 15 is 0 Å². The summed E-state index contributed by atoms with van der Waals surface area (Å²) < 4.78 is 5.14. The van der Waals surface area contributed by atoms with E-state index in [1.54, 1.807) is 12.5 Å². The van der Waals surface area contributed by atoms with E-state index in [9.17, 15) is 0 Å². The van der Waals surface area contributed by atoms with Crippen molar-refractivity contribution in [3.63, 3.8) is 0 Å². The summed E-state index contributed by atoms with van der Waals surface area (Å²) in [6, 6.07) is 15.9. The fourth-order valence-corrected chi connectivity index (χ4v) is 2.92. The van der Waals surface area contributed by atoms with Gasteiger partial charge in [-0.1, -0.05) is 18.2 Å². The van der Waals surface area contributed by atoms with Crippen molar-refractivity contribution in [2.24, 2.45) is 0 Å². The first-order valence-corrected chi connectivity index (χ1v) is 8.89. The van der Waals surface area contributed by atoms with Gasteiger partial charge in [-0.15, -0.1) is 0 Å². The van der Waals surface area contributed by atoms with E-state index in [1.165, 1.54) is 0 Å². The van der Waals surface area contributed by atoms with Gasteiger partial charge in [-0.3, -0.25) is 0 Å². The fraction of sp³-hybridized carbons (Fsp3) is 0.0909. The Bertz CT molecular complexity index is 1070. The van der Waals surface area contributed by atoms with Crippen LogP contribution in [0.5, 0.6) is 0 Å². The van der Waals surface area contributed by atoms with Crippen LogP contribution in [0.15, 0.2) is 77.9 Å². The Labute approximate surface area is 163 Å². The maximum Gasteiger partial charge on any atom is 0.224 e. The first-order valence-electron chi connectivity index (χ1n) is 8.89. The van der Waals surface area contributed by atoms with Gasteiger partial charge in [0.25, 0.3) is 0 Å². The smallest absolute Gasteiger partial charge is 0.224 e. The molecule has 0 saturated heterocycles. The first-order chi connectivity index (χ1) is 13.6. The van der Waals surface area contributed by atoms with Crippen molar-refractivity contribution in [1.29, 1.82) is 0 Å². The van der Waals surface area contributed by atoms with E-state index in [-0.39, 0.29) is 0 Å². The molecule has 4 aromatic rings. The number of rotatable bonds is 5. The maximum atomic E-state index is 6.25. The Morgan fingerprint density at radius 1 is 0.893 bits per heavy atom. The SMILES string of the molecule is CN(C)c1ncc(-c2cccc(Nc3ccc(-c4ccoc4)cc3N)c2)cn1. The second-order valence-corrected chi connectivity index (χ2v) is 6.69. The molecule has 2 heterocycles. The average molecular weight is 371 g/mol. The highest BCUT2D eigenvalue weighted by atomic mass is 16.3. The molecule has 3 N–H and O–H groups in total. The molecule has 0 saturated carbocycles. The topological polar surface area (TPSA) is 80.2 Å². The predicted octanol–water partition coefficient (Wildman–Crippen LogP) is 4.80. The second-order valence-electron chi connectivity index (χ2n) is 6.69. The Morgan fingerprint density at radius 3 is 2.36 bits per heavy atom. The summed E-state index contributed by atoms with van der Waals surface area (Å²) in [6.07, 6.45) is 7.01. The third-order valence-electron chi connectivity index (χ3n) is 4.42. The van der Waals surface area contributed by atoms with Crippen molar-refractivity contribution in [3.05, 3.63) is 73.5 Å². The molecule has 0 aliphatic rings. The summed E-state index contributed by atoms with van der Waals surface area (Å²) in [7, 11) is 3.84. The quantitative estimate of drug-likeness (QED) is 0.491. The molecular weight excluding hydrogens is 350 g/mol. The molecule has 28 heavy (non-hydrogen) atoms. The maximum absolute atomic E-state index is 6.25. The molecule has 6 nitrogen and oxygen atoms in total. The molecule has 0 bridgehead atoms. The molecule has 0 atom stereocenters. The van der Waals surface area contributed by atoms with Crippen molar-refractivity contribution < 1.29 is 4.42 Å². The summed E-state index contributed by atoms with van der Waals surface area (Å²) in [6.45, 7) is 0. The van der Waals surface area contributed by atoms with Crippen LogP contribution in [0.4, 0.5) is 23.0 Å². The zero-order valence-corrected chi connectivity index (χ0v) is 15.8. The highest BCUT2D eigenvalue weighted by Gasteiger charge is 2.07. The van der Waals surface area contributed by atoms with Crippen LogP contribution < -0.4 is 16.0 Å². The molecular formula is C22H21N5O. The molecule has 0 aliphatic carbocycles. The van der Waals surface area contributed by atoms with E-state index < -0.39 is 0 Å². The third-order valence-corrected chi connectivity index (χ3v) is 4.42. The summed E-state index contributed by atoms with van der Waals surface area (Å²) in [4.78, 5) is 10.6. The number of nitrogens with one attached hydrogen (secondary N) is 1. The van der Waals surface area contributed by atoms with Gasteiger partial charge in [0.05, 0.1) is 23.9 Å². The zero-order chi connectivity index (χ0) is 19.5. The number of hydrogen-bond acceptors (Lipinski definition) is 6. The van der Waals surface area contributed by atoms with Gasteiger partial charge in [-0.05, 0) is 41.5 Å². The molecule has 140 valence electrons. The van der Waals surface area contributed by atoms with Gasteiger partial charge in [-0.2, -0.15) is 0 Å². The molecule has 0 radical (unpaired) electrons. The minimum atomic E-state index is 0.669. The van der Waals surface area contributed by atoms with Crippen LogP contribution >= 0.6 is 0 Å². The molecule has 0 fully saturated rings. The molecule has 4 rings (SSSR count). The number of anilines is 4. The number of furan rings is 1. The van der Waals surface area contributed by atoms with Crippen LogP contribution in [0.2, 0.25) is 0 Å². The molecule has 0 spiro atoms. The largest absolute Gasteiger partial charge is 0.472 e. The lowest BCUT2D eigenvalue weighted by atomic mass is 10.1. The fourth-order valence-electron chi connectivity index (χ4n) is 2.92. The van der Waals surface area contributed by atoms with E-state index in [4.69, 9.17) is 10.2 Å². The molecule has 6 heteroatoms. The lowest BCUT2D eigenvalue weighted by Crippen LogP contribution is -2.12. The van der Waals surface area contributed by atoms with Crippen LogP contribution in [0.25, 0.3) is 22.3 Å². The zero-order valence-electron chi connectivity index (χ0n) is 15.8. The van der Waals surface area contributed by atoms with Gasteiger partial charge >= 0.3 is 0 Å². The van der Waals surface area contributed by atoms with Crippen molar-refractivity contribution >= 4 is 23.0 Å². The summed E-state index contributed by atoms with van der Waals surface area (Å²) in [5.74, 6) is 0.684. The number of nitrogens with two attached hydrogens (primary N) is 1.